The zero-order valence-corrected chi connectivity index (χ0v) is 17.3. The first-order chi connectivity index (χ1) is 14.1. The summed E-state index contributed by atoms with van der Waals surface area (Å²) in [5.41, 5.74) is 1.31. The average Bonchev–Trinajstić information content (AvgIpc) is 2.74. The van der Waals surface area contributed by atoms with Crippen LogP contribution in [-0.4, -0.2) is 47.0 Å². The van der Waals surface area contributed by atoms with Crippen molar-refractivity contribution in [3.8, 4) is 0 Å². The number of fused-ring (bicyclic) bond motifs is 1. The number of hydrogen-bond donors (Lipinski definition) is 2. The third-order valence-electron chi connectivity index (χ3n) is 5.97. The topological polar surface area (TPSA) is 74.3 Å². The minimum Gasteiger partial charge on any atom is -0.338 e. The summed E-state index contributed by atoms with van der Waals surface area (Å²) in [6.07, 6.45) is 7.30. The number of benzene rings is 1. The van der Waals surface area contributed by atoms with E-state index in [1.165, 1.54) is 19.3 Å². The van der Waals surface area contributed by atoms with E-state index in [4.69, 9.17) is 11.6 Å². The fourth-order valence-electron chi connectivity index (χ4n) is 4.38. The number of nitrogens with one attached hydrogen (secondary N) is 2. The summed E-state index contributed by atoms with van der Waals surface area (Å²) < 4.78 is 0. The molecule has 0 spiro atoms. The number of hydrogen-bond acceptors (Lipinski definition) is 3. The highest BCUT2D eigenvalue weighted by atomic mass is 35.5. The Morgan fingerprint density at radius 3 is 2.34 bits per heavy atom. The van der Waals surface area contributed by atoms with Crippen LogP contribution in [0.2, 0.25) is 5.15 Å². The minimum atomic E-state index is -0.0754. The molecule has 154 valence electrons. The molecule has 1 aromatic carbocycles. The lowest BCUT2D eigenvalue weighted by molar-refractivity contribution is 0.0710. The van der Waals surface area contributed by atoms with E-state index in [1.807, 2.05) is 29.2 Å². The first kappa shape index (κ1) is 20.0. The van der Waals surface area contributed by atoms with Gasteiger partial charge in [0.2, 0.25) is 0 Å². The van der Waals surface area contributed by atoms with Gasteiger partial charge < -0.3 is 15.5 Å². The second-order valence-electron chi connectivity index (χ2n) is 8.03. The zero-order chi connectivity index (χ0) is 20.2. The maximum Gasteiger partial charge on any atom is 0.315 e. The fraction of sp³-hybridized carbons (Fsp3) is 0.500. The van der Waals surface area contributed by atoms with Crippen LogP contribution in [0.3, 0.4) is 0 Å². The van der Waals surface area contributed by atoms with E-state index < -0.39 is 0 Å². The smallest absolute Gasteiger partial charge is 0.315 e. The molecule has 1 saturated heterocycles. The van der Waals surface area contributed by atoms with Crippen molar-refractivity contribution in [1.29, 1.82) is 0 Å². The molecule has 29 heavy (non-hydrogen) atoms. The number of likely N-dealkylation sites (tertiary alicyclic amines) is 1. The lowest BCUT2D eigenvalue weighted by Crippen LogP contribution is -2.51. The van der Waals surface area contributed by atoms with E-state index in [2.05, 4.69) is 15.6 Å². The monoisotopic (exact) mass is 414 g/mol. The summed E-state index contributed by atoms with van der Waals surface area (Å²) in [5, 5.41) is 7.32. The van der Waals surface area contributed by atoms with E-state index >= 15 is 0 Å². The van der Waals surface area contributed by atoms with Gasteiger partial charge in [-0.2, -0.15) is 0 Å². The maximum atomic E-state index is 13.1. The van der Waals surface area contributed by atoms with Crippen LogP contribution in [-0.2, 0) is 0 Å². The Balaban J connectivity index is 1.34. The van der Waals surface area contributed by atoms with Gasteiger partial charge in [0.05, 0.1) is 11.1 Å². The molecular formula is C22H27ClN4O2. The number of piperidine rings is 1. The van der Waals surface area contributed by atoms with Gasteiger partial charge in [0.1, 0.15) is 5.15 Å². The molecule has 4 rings (SSSR count). The molecule has 0 radical (unpaired) electrons. The number of para-hydroxylation sites is 1. The van der Waals surface area contributed by atoms with Crippen LogP contribution < -0.4 is 10.6 Å². The van der Waals surface area contributed by atoms with Gasteiger partial charge in [0.25, 0.3) is 5.91 Å². The number of rotatable bonds is 3. The molecule has 1 aliphatic carbocycles. The summed E-state index contributed by atoms with van der Waals surface area (Å²) in [5.74, 6) is -0.0318. The molecule has 2 aliphatic rings. The number of carbonyl (C=O) groups is 2. The van der Waals surface area contributed by atoms with Gasteiger partial charge in [-0.05, 0) is 37.8 Å². The quantitative estimate of drug-likeness (QED) is 0.741. The van der Waals surface area contributed by atoms with Crippen molar-refractivity contribution < 1.29 is 9.59 Å². The molecular weight excluding hydrogens is 388 g/mol. The molecule has 1 aromatic heterocycles. The first-order valence-corrected chi connectivity index (χ1v) is 10.9. The van der Waals surface area contributed by atoms with Crippen LogP contribution in [0.15, 0.2) is 30.3 Å². The summed E-state index contributed by atoms with van der Waals surface area (Å²) in [7, 11) is 0. The van der Waals surface area contributed by atoms with Crippen LogP contribution >= 0.6 is 11.6 Å². The predicted octanol–water partition coefficient (Wildman–Crippen LogP) is 4.12. The normalized spacial score (nSPS) is 18.6. The molecule has 6 nitrogen and oxygen atoms in total. The van der Waals surface area contributed by atoms with Crippen LogP contribution in [0.1, 0.15) is 55.3 Å². The molecule has 0 unspecified atom stereocenters. The fourth-order valence-corrected chi connectivity index (χ4v) is 4.58. The minimum absolute atomic E-state index is 0.0318. The average molecular weight is 415 g/mol. The van der Waals surface area contributed by atoms with Gasteiger partial charge in [-0.3, -0.25) is 4.79 Å². The Hall–Kier alpha value is -2.34. The number of amides is 3. The summed E-state index contributed by atoms with van der Waals surface area (Å²) in [6, 6.07) is 9.51. The van der Waals surface area contributed by atoms with Gasteiger partial charge in [-0.25, -0.2) is 9.78 Å². The van der Waals surface area contributed by atoms with E-state index in [9.17, 15) is 9.59 Å². The lowest BCUT2D eigenvalue weighted by atomic mass is 9.96. The second kappa shape index (κ2) is 8.99. The third-order valence-corrected chi connectivity index (χ3v) is 6.17. The van der Waals surface area contributed by atoms with Crippen LogP contribution in [0.4, 0.5) is 4.79 Å². The van der Waals surface area contributed by atoms with Crippen LogP contribution in [0.5, 0.6) is 0 Å². The van der Waals surface area contributed by atoms with E-state index in [0.717, 1.165) is 36.6 Å². The van der Waals surface area contributed by atoms with E-state index in [1.54, 1.807) is 6.07 Å². The van der Waals surface area contributed by atoms with Gasteiger partial charge in [-0.15, -0.1) is 0 Å². The van der Waals surface area contributed by atoms with E-state index in [0.29, 0.717) is 29.8 Å². The van der Waals surface area contributed by atoms with Gasteiger partial charge in [-0.1, -0.05) is 49.1 Å². The largest absolute Gasteiger partial charge is 0.338 e. The number of halogens is 1. The third kappa shape index (κ3) is 4.81. The molecule has 2 N–H and O–H groups in total. The summed E-state index contributed by atoms with van der Waals surface area (Å²) >= 11 is 6.13. The number of carbonyl (C=O) groups excluding carboxylic acids is 2. The molecule has 2 heterocycles. The van der Waals surface area contributed by atoms with E-state index in [-0.39, 0.29) is 18.0 Å². The maximum absolute atomic E-state index is 13.1. The Morgan fingerprint density at radius 1 is 0.966 bits per heavy atom. The Kier molecular flexibility index (Phi) is 6.19. The Labute approximate surface area is 176 Å². The van der Waals surface area contributed by atoms with Crippen molar-refractivity contribution in [2.45, 2.75) is 57.0 Å². The highest BCUT2D eigenvalue weighted by Gasteiger charge is 2.26. The number of aromatic nitrogens is 1. The standard InChI is InChI=1S/C22H27ClN4O2/c23-20-14-18(17-8-4-5-9-19(17)26-20)21(28)27-12-10-16(11-13-27)25-22(29)24-15-6-2-1-3-7-15/h4-5,8-9,14-16H,1-3,6-7,10-13H2,(H2,24,25,29). The molecule has 7 heteroatoms. The highest BCUT2D eigenvalue weighted by molar-refractivity contribution is 6.30. The highest BCUT2D eigenvalue weighted by Crippen LogP contribution is 2.24. The van der Waals surface area contributed by atoms with Crippen molar-refractivity contribution in [2.24, 2.45) is 0 Å². The van der Waals surface area contributed by atoms with Crippen molar-refractivity contribution in [3.63, 3.8) is 0 Å². The molecule has 3 amide bonds. The second-order valence-corrected chi connectivity index (χ2v) is 8.42. The Bertz CT molecular complexity index is 890. The summed E-state index contributed by atoms with van der Waals surface area (Å²) in [4.78, 5) is 31.5. The first-order valence-electron chi connectivity index (χ1n) is 10.5. The molecule has 1 saturated carbocycles. The SMILES string of the molecule is O=C(NC1CCCCC1)NC1CCN(C(=O)c2cc(Cl)nc3ccccc23)CC1. The lowest BCUT2D eigenvalue weighted by Gasteiger charge is -2.33. The molecule has 2 fully saturated rings. The van der Waals surface area contributed by atoms with Crippen molar-refractivity contribution >= 4 is 34.4 Å². The van der Waals surface area contributed by atoms with Crippen molar-refractivity contribution in [2.75, 3.05) is 13.1 Å². The van der Waals surface area contributed by atoms with Gasteiger partial charge in [0, 0.05) is 30.6 Å². The number of pyridine rings is 1. The van der Waals surface area contributed by atoms with Crippen molar-refractivity contribution in [1.82, 2.24) is 20.5 Å². The van der Waals surface area contributed by atoms with Gasteiger partial charge >= 0.3 is 6.03 Å². The van der Waals surface area contributed by atoms with Crippen LogP contribution in [0.25, 0.3) is 10.9 Å². The predicted molar refractivity (Wildman–Crippen MR) is 114 cm³/mol. The van der Waals surface area contributed by atoms with Crippen molar-refractivity contribution in [3.05, 3.63) is 41.0 Å². The zero-order valence-electron chi connectivity index (χ0n) is 16.5. The summed E-state index contributed by atoms with van der Waals surface area (Å²) in [6.45, 7) is 1.23. The molecule has 2 aromatic rings. The molecule has 0 bridgehead atoms. The number of urea groups is 1. The number of nitrogens with zero attached hydrogens (tertiary/aromatic N) is 2. The van der Waals surface area contributed by atoms with Crippen LogP contribution in [0, 0.1) is 0 Å². The Morgan fingerprint density at radius 2 is 1.62 bits per heavy atom. The molecule has 0 atom stereocenters. The van der Waals surface area contributed by atoms with Gasteiger partial charge in [0.15, 0.2) is 0 Å². The molecule has 1 aliphatic heterocycles.